The highest BCUT2D eigenvalue weighted by atomic mass is 35.5. The Labute approximate surface area is 157 Å². The molecule has 1 amide bonds. The molecule has 25 heavy (non-hydrogen) atoms. The molecule has 0 aromatic heterocycles. The zero-order valence-electron chi connectivity index (χ0n) is 13.9. The smallest absolute Gasteiger partial charge is 0.321 e. The second kappa shape index (κ2) is 9.80. The number of carbonyl (C=O) groups is 2. The number of nitrogens with one attached hydrogen (secondary N) is 2. The van der Waals surface area contributed by atoms with Crippen LogP contribution in [0.3, 0.4) is 0 Å². The van der Waals surface area contributed by atoms with E-state index in [0.29, 0.717) is 22.3 Å². The largest absolute Gasteiger partial charge is 0.480 e. The lowest BCUT2D eigenvalue weighted by Gasteiger charge is -2.17. The molecule has 2 rings (SSSR count). The predicted octanol–water partition coefficient (Wildman–Crippen LogP) is 4.26. The van der Waals surface area contributed by atoms with Gasteiger partial charge in [0, 0.05) is 5.69 Å². The number of hydrogen-bond donors (Lipinski definition) is 3. The van der Waals surface area contributed by atoms with E-state index in [1.807, 2.05) is 0 Å². The first-order valence-corrected chi connectivity index (χ1v) is 9.10. The molecule has 0 aliphatic heterocycles. The van der Waals surface area contributed by atoms with Crippen LogP contribution in [0, 0.1) is 0 Å². The summed E-state index contributed by atoms with van der Waals surface area (Å²) in [6.45, 7) is 0.544. The van der Waals surface area contributed by atoms with Gasteiger partial charge in [0.25, 0.3) is 0 Å². The van der Waals surface area contributed by atoms with Crippen molar-refractivity contribution in [3.63, 3.8) is 0 Å². The highest BCUT2D eigenvalue weighted by Crippen LogP contribution is 2.25. The van der Waals surface area contributed by atoms with Crippen LogP contribution in [0.2, 0.25) is 10.0 Å². The molecule has 1 aliphatic carbocycles. The van der Waals surface area contributed by atoms with Crippen molar-refractivity contribution < 1.29 is 14.7 Å². The van der Waals surface area contributed by atoms with Gasteiger partial charge < -0.3 is 15.7 Å². The van der Waals surface area contributed by atoms with Crippen LogP contribution in [0.4, 0.5) is 5.69 Å². The number of carboxylic acid groups (broad SMARTS) is 1. The van der Waals surface area contributed by atoms with Gasteiger partial charge in [-0.2, -0.15) is 0 Å². The fourth-order valence-electron chi connectivity index (χ4n) is 2.76. The van der Waals surface area contributed by atoms with Crippen LogP contribution in [0.15, 0.2) is 29.8 Å². The second-order valence-electron chi connectivity index (χ2n) is 6.08. The second-order valence-corrected chi connectivity index (χ2v) is 6.90. The minimum atomic E-state index is -1.04. The van der Waals surface area contributed by atoms with Crippen LogP contribution in [0.5, 0.6) is 0 Å². The summed E-state index contributed by atoms with van der Waals surface area (Å²) in [6, 6.07) is 3.79. The van der Waals surface area contributed by atoms with E-state index in [1.54, 1.807) is 12.1 Å². The topological polar surface area (TPSA) is 78.4 Å². The van der Waals surface area contributed by atoms with E-state index in [4.69, 9.17) is 23.2 Å². The number of amides is 1. The van der Waals surface area contributed by atoms with Crippen LogP contribution >= 0.6 is 23.2 Å². The van der Waals surface area contributed by atoms with Crippen LogP contribution in [-0.2, 0) is 9.59 Å². The number of hydrogen-bond acceptors (Lipinski definition) is 3. The van der Waals surface area contributed by atoms with Crippen LogP contribution < -0.4 is 10.6 Å². The third kappa shape index (κ3) is 6.69. The summed E-state index contributed by atoms with van der Waals surface area (Å²) in [5, 5.41) is 15.6. The molecular weight excluding hydrogens is 363 g/mol. The van der Waals surface area contributed by atoms with Crippen molar-refractivity contribution in [1.29, 1.82) is 0 Å². The van der Waals surface area contributed by atoms with Gasteiger partial charge >= 0.3 is 5.97 Å². The van der Waals surface area contributed by atoms with E-state index in [-0.39, 0.29) is 6.42 Å². The van der Waals surface area contributed by atoms with E-state index in [1.165, 1.54) is 24.5 Å². The van der Waals surface area contributed by atoms with Gasteiger partial charge in [0.05, 0.1) is 16.5 Å². The summed E-state index contributed by atoms with van der Waals surface area (Å²) in [5.74, 6) is -1.43. The Bertz CT molecular complexity index is 662. The zero-order chi connectivity index (χ0) is 18.2. The molecule has 0 spiro atoms. The molecular formula is C18H22Cl2N2O3. The average Bonchev–Trinajstić information content (AvgIpc) is 2.58. The molecule has 0 radical (unpaired) electrons. The summed E-state index contributed by atoms with van der Waals surface area (Å²) in [5.41, 5.74) is 1.85. The third-order valence-corrected chi connectivity index (χ3v) is 4.85. The first-order chi connectivity index (χ1) is 12.0. The highest BCUT2D eigenvalue weighted by molar-refractivity contribution is 6.42. The number of benzene rings is 1. The van der Waals surface area contributed by atoms with Crippen molar-refractivity contribution >= 4 is 40.8 Å². The van der Waals surface area contributed by atoms with E-state index in [9.17, 15) is 14.7 Å². The Morgan fingerprint density at radius 1 is 1.20 bits per heavy atom. The first-order valence-electron chi connectivity index (χ1n) is 8.34. The fraction of sp³-hybridized carbons (Fsp3) is 0.444. The van der Waals surface area contributed by atoms with E-state index < -0.39 is 17.9 Å². The van der Waals surface area contributed by atoms with Gasteiger partial charge in [-0.15, -0.1) is 0 Å². The number of anilines is 1. The lowest BCUT2D eigenvalue weighted by atomic mass is 9.97. The number of carboxylic acids is 1. The number of aliphatic carboxylic acids is 1. The van der Waals surface area contributed by atoms with E-state index in [0.717, 1.165) is 19.3 Å². The van der Waals surface area contributed by atoms with Gasteiger partial charge in [-0.25, -0.2) is 0 Å². The lowest BCUT2D eigenvalue weighted by Crippen LogP contribution is -2.40. The molecule has 0 bridgehead atoms. The van der Waals surface area contributed by atoms with Gasteiger partial charge in [0.15, 0.2) is 0 Å². The molecule has 1 atom stereocenters. The highest BCUT2D eigenvalue weighted by Gasteiger charge is 2.21. The minimum Gasteiger partial charge on any atom is -0.480 e. The summed E-state index contributed by atoms with van der Waals surface area (Å²) in [7, 11) is 0. The Morgan fingerprint density at radius 3 is 2.64 bits per heavy atom. The summed E-state index contributed by atoms with van der Waals surface area (Å²) in [4.78, 5) is 23.5. The summed E-state index contributed by atoms with van der Waals surface area (Å²) in [6.07, 6.45) is 7.50. The molecule has 5 nitrogen and oxygen atoms in total. The molecule has 0 fully saturated rings. The van der Waals surface area contributed by atoms with Crippen molar-refractivity contribution in [3.8, 4) is 0 Å². The molecule has 1 aromatic carbocycles. The molecule has 7 heteroatoms. The van der Waals surface area contributed by atoms with Crippen LogP contribution in [0.25, 0.3) is 0 Å². The molecule has 1 aromatic rings. The molecule has 0 saturated heterocycles. The zero-order valence-corrected chi connectivity index (χ0v) is 15.4. The monoisotopic (exact) mass is 384 g/mol. The van der Waals surface area contributed by atoms with Crippen molar-refractivity contribution in [2.24, 2.45) is 0 Å². The van der Waals surface area contributed by atoms with Crippen LogP contribution in [0.1, 0.15) is 38.5 Å². The van der Waals surface area contributed by atoms with Crippen molar-refractivity contribution in [1.82, 2.24) is 5.32 Å². The fourth-order valence-corrected chi connectivity index (χ4v) is 3.05. The summed E-state index contributed by atoms with van der Waals surface area (Å²) >= 11 is 11.7. The van der Waals surface area contributed by atoms with Crippen molar-refractivity contribution in [3.05, 3.63) is 39.9 Å². The average molecular weight is 385 g/mol. The number of halogens is 2. The Balaban J connectivity index is 1.82. The van der Waals surface area contributed by atoms with E-state index >= 15 is 0 Å². The lowest BCUT2D eigenvalue weighted by molar-refractivity contribution is -0.141. The maximum absolute atomic E-state index is 12.1. The Hall–Kier alpha value is -1.56. The van der Waals surface area contributed by atoms with Gasteiger partial charge in [-0.3, -0.25) is 9.59 Å². The molecule has 136 valence electrons. The standard InChI is InChI=1S/C18H22Cl2N2O3/c19-14-7-6-13(10-15(14)20)22-17(23)11-16(18(24)25)21-9-8-12-4-2-1-3-5-12/h4,6-7,10,16,21H,1-3,5,8-9,11H2,(H,22,23)(H,24,25)/t16-/m0/s1. The van der Waals surface area contributed by atoms with Gasteiger partial charge in [-0.05, 0) is 56.8 Å². The quantitative estimate of drug-likeness (QED) is 0.585. The first kappa shape index (κ1) is 19.8. The SMILES string of the molecule is O=C(C[C@H](NCCC1=CCCCC1)C(=O)O)Nc1ccc(Cl)c(Cl)c1. The van der Waals surface area contributed by atoms with Crippen molar-refractivity contribution in [2.75, 3.05) is 11.9 Å². The predicted molar refractivity (Wildman–Crippen MR) is 100 cm³/mol. The number of carbonyl (C=O) groups excluding carboxylic acids is 1. The number of allylic oxidation sites excluding steroid dienone is 1. The molecule has 0 saturated carbocycles. The third-order valence-electron chi connectivity index (χ3n) is 4.11. The maximum atomic E-state index is 12.1. The molecule has 1 aliphatic rings. The molecule has 0 unspecified atom stereocenters. The summed E-state index contributed by atoms with van der Waals surface area (Å²) < 4.78 is 0. The maximum Gasteiger partial charge on any atom is 0.321 e. The Morgan fingerprint density at radius 2 is 2.00 bits per heavy atom. The molecule has 0 heterocycles. The molecule has 3 N–H and O–H groups in total. The minimum absolute atomic E-state index is 0.158. The van der Waals surface area contributed by atoms with Crippen LogP contribution in [-0.4, -0.2) is 29.6 Å². The Kier molecular flexibility index (Phi) is 7.75. The van der Waals surface area contributed by atoms with Gasteiger partial charge in [-0.1, -0.05) is 34.9 Å². The normalized spacial score (nSPS) is 15.4. The van der Waals surface area contributed by atoms with Gasteiger partial charge in [0.1, 0.15) is 6.04 Å². The van der Waals surface area contributed by atoms with Gasteiger partial charge in [0.2, 0.25) is 5.91 Å². The van der Waals surface area contributed by atoms with E-state index in [2.05, 4.69) is 16.7 Å². The number of rotatable bonds is 8. The van der Waals surface area contributed by atoms with Crippen molar-refractivity contribution in [2.45, 2.75) is 44.6 Å².